The molecule has 2 aliphatic heterocycles. The van der Waals surface area contributed by atoms with Gasteiger partial charge in [-0.3, -0.25) is 14.7 Å². The molecule has 6 heteroatoms. The first-order chi connectivity index (χ1) is 19.4. The van der Waals surface area contributed by atoms with Crippen LogP contribution in [0.5, 0.6) is 5.75 Å². The number of pyridine rings is 1. The second-order valence-corrected chi connectivity index (χ2v) is 12.3. The van der Waals surface area contributed by atoms with E-state index in [0.29, 0.717) is 5.92 Å². The largest absolute Gasteiger partial charge is 0.496 e. The highest BCUT2D eigenvalue weighted by molar-refractivity contribution is 5.83. The molecule has 2 saturated heterocycles. The highest BCUT2D eigenvalue weighted by atomic mass is 16.5. The number of ketones is 1. The van der Waals surface area contributed by atoms with Crippen molar-refractivity contribution in [3.63, 3.8) is 0 Å². The molecule has 2 aromatic rings. The van der Waals surface area contributed by atoms with Crippen LogP contribution in [-0.4, -0.2) is 55.2 Å². The monoisotopic (exact) mass is 548 g/mol. The summed E-state index contributed by atoms with van der Waals surface area (Å²) >= 11 is 0. The van der Waals surface area contributed by atoms with Gasteiger partial charge in [-0.2, -0.15) is 0 Å². The predicted octanol–water partition coefficient (Wildman–Crippen LogP) is 6.51. The highest BCUT2D eigenvalue weighted by Gasteiger charge is 2.35. The smallest absolute Gasteiger partial charge is 0.151 e. The normalized spacial score (nSPS) is 24.1. The van der Waals surface area contributed by atoms with Crippen molar-refractivity contribution in [2.24, 2.45) is 5.92 Å². The van der Waals surface area contributed by atoms with Crippen molar-refractivity contribution in [1.29, 1.82) is 0 Å². The number of carbonyl (C=O) groups excluding carboxylic acids is 1. The Bertz CT molecular complexity index is 1160. The Labute approximate surface area is 240 Å². The van der Waals surface area contributed by atoms with Gasteiger partial charge in [-0.25, -0.2) is 0 Å². The second kappa shape index (κ2) is 13.6. The SMILES string of the molecule is COc1cc(CCCCO[C@@H]2CCN(C(C(C)=O)c3cc(C)ccc3[C@@H]3CCCCO3)C2)nc2c1CCC(C)C2. The van der Waals surface area contributed by atoms with Crippen molar-refractivity contribution in [3.8, 4) is 5.75 Å². The van der Waals surface area contributed by atoms with Gasteiger partial charge in [0.2, 0.25) is 0 Å². The van der Waals surface area contributed by atoms with Crippen molar-refractivity contribution in [2.45, 2.75) is 103 Å². The zero-order valence-corrected chi connectivity index (χ0v) is 25.0. The number of benzene rings is 1. The number of fused-ring (bicyclic) bond motifs is 1. The van der Waals surface area contributed by atoms with E-state index in [9.17, 15) is 4.79 Å². The number of aromatic nitrogens is 1. The molecule has 40 heavy (non-hydrogen) atoms. The maximum Gasteiger partial charge on any atom is 0.151 e. The van der Waals surface area contributed by atoms with Gasteiger partial charge in [0.25, 0.3) is 0 Å². The molecule has 0 spiro atoms. The average molecular weight is 549 g/mol. The van der Waals surface area contributed by atoms with Crippen LogP contribution in [0, 0.1) is 12.8 Å². The molecule has 1 aromatic carbocycles. The number of carbonyl (C=O) groups is 1. The maximum absolute atomic E-state index is 13.0. The lowest BCUT2D eigenvalue weighted by atomic mass is 9.87. The molecular weight excluding hydrogens is 500 g/mol. The van der Waals surface area contributed by atoms with Gasteiger partial charge in [-0.1, -0.05) is 30.7 Å². The lowest BCUT2D eigenvalue weighted by Gasteiger charge is -2.31. The van der Waals surface area contributed by atoms with E-state index in [-0.39, 0.29) is 24.0 Å². The van der Waals surface area contributed by atoms with Gasteiger partial charge >= 0.3 is 0 Å². The lowest BCUT2D eigenvalue weighted by Crippen LogP contribution is -2.33. The average Bonchev–Trinajstić information content (AvgIpc) is 3.40. The van der Waals surface area contributed by atoms with E-state index >= 15 is 0 Å². The standard InChI is InChI=1S/C34H48N2O4/c1-23-11-13-28(32-10-6-8-18-40-32)30(19-23)34(25(3)37)36-16-15-27(22-36)39-17-7-5-9-26-21-33(38-4)29-14-12-24(2)20-31(29)35-26/h11,13,19,21,24,27,32,34H,5-10,12,14-18,20,22H2,1-4H3/t24?,27-,32+,34?/m1/s1. The summed E-state index contributed by atoms with van der Waals surface area (Å²) in [6.07, 6.45) is 10.9. The third kappa shape index (κ3) is 6.95. The Morgan fingerprint density at radius 3 is 2.83 bits per heavy atom. The van der Waals surface area contributed by atoms with Crippen LogP contribution in [0.4, 0.5) is 0 Å². The van der Waals surface area contributed by atoms with E-state index in [2.05, 4.69) is 43.0 Å². The summed E-state index contributed by atoms with van der Waals surface area (Å²) in [5.41, 5.74) is 7.19. The van der Waals surface area contributed by atoms with Crippen LogP contribution in [0.1, 0.15) is 105 Å². The quantitative estimate of drug-likeness (QED) is 0.299. The van der Waals surface area contributed by atoms with Crippen LogP contribution in [0.2, 0.25) is 0 Å². The predicted molar refractivity (Wildman–Crippen MR) is 158 cm³/mol. The van der Waals surface area contributed by atoms with Crippen LogP contribution < -0.4 is 4.74 Å². The second-order valence-electron chi connectivity index (χ2n) is 12.3. The number of likely N-dealkylation sites (tertiary alicyclic amines) is 1. The number of ether oxygens (including phenoxy) is 3. The topological polar surface area (TPSA) is 60.9 Å². The van der Waals surface area contributed by atoms with Gasteiger partial charge in [0.15, 0.2) is 5.78 Å². The number of aryl methyl sites for hydroxylation is 2. The van der Waals surface area contributed by atoms with E-state index in [1.54, 1.807) is 14.0 Å². The number of nitrogens with zero attached hydrogens (tertiary/aromatic N) is 2. The summed E-state index contributed by atoms with van der Waals surface area (Å²) in [5, 5.41) is 0. The van der Waals surface area contributed by atoms with Crippen LogP contribution in [0.25, 0.3) is 0 Å². The Morgan fingerprint density at radius 2 is 2.05 bits per heavy atom. The Hall–Kier alpha value is -2.28. The lowest BCUT2D eigenvalue weighted by molar-refractivity contribution is -0.122. The molecule has 1 aromatic heterocycles. The Balaban J connectivity index is 1.14. The molecule has 2 fully saturated rings. The van der Waals surface area contributed by atoms with Gasteiger partial charge in [0.1, 0.15) is 5.75 Å². The summed E-state index contributed by atoms with van der Waals surface area (Å²) in [6.45, 7) is 9.38. The fourth-order valence-electron chi connectivity index (χ4n) is 6.89. The fraction of sp³-hybridized carbons (Fsp3) is 0.647. The van der Waals surface area contributed by atoms with E-state index < -0.39 is 0 Å². The van der Waals surface area contributed by atoms with Crippen molar-refractivity contribution < 1.29 is 19.0 Å². The van der Waals surface area contributed by atoms with Crippen molar-refractivity contribution >= 4 is 5.78 Å². The molecule has 2 unspecified atom stereocenters. The molecule has 0 radical (unpaired) electrons. The molecule has 6 nitrogen and oxygen atoms in total. The number of methoxy groups -OCH3 is 1. The molecule has 3 aliphatic rings. The first-order valence-electron chi connectivity index (χ1n) is 15.6. The van der Waals surface area contributed by atoms with Crippen molar-refractivity contribution in [2.75, 3.05) is 33.4 Å². The molecule has 0 saturated carbocycles. The van der Waals surface area contributed by atoms with Gasteiger partial charge in [-0.05, 0) is 95.1 Å². The van der Waals surface area contributed by atoms with E-state index in [4.69, 9.17) is 19.2 Å². The molecule has 5 rings (SSSR count). The molecule has 0 N–H and O–H groups in total. The van der Waals surface area contributed by atoms with Crippen LogP contribution in [0.15, 0.2) is 24.3 Å². The first kappa shape index (κ1) is 29.2. The van der Waals surface area contributed by atoms with Crippen LogP contribution in [-0.2, 0) is 33.5 Å². The fourth-order valence-corrected chi connectivity index (χ4v) is 6.89. The van der Waals surface area contributed by atoms with Crippen molar-refractivity contribution in [1.82, 2.24) is 9.88 Å². The molecule has 0 bridgehead atoms. The van der Waals surface area contributed by atoms with Crippen LogP contribution >= 0.6 is 0 Å². The molecular formula is C34H48N2O4. The summed E-state index contributed by atoms with van der Waals surface area (Å²) in [5.74, 6) is 1.91. The van der Waals surface area contributed by atoms with Crippen molar-refractivity contribution in [3.05, 3.63) is 57.9 Å². The summed E-state index contributed by atoms with van der Waals surface area (Å²) in [6, 6.07) is 8.46. The molecule has 0 amide bonds. The number of hydrogen-bond acceptors (Lipinski definition) is 6. The van der Waals surface area contributed by atoms with E-state index in [1.165, 1.54) is 35.2 Å². The molecule has 3 heterocycles. The third-order valence-electron chi connectivity index (χ3n) is 9.04. The number of hydrogen-bond donors (Lipinski definition) is 0. The zero-order valence-electron chi connectivity index (χ0n) is 25.0. The highest BCUT2D eigenvalue weighted by Crippen LogP contribution is 2.37. The first-order valence-corrected chi connectivity index (χ1v) is 15.6. The number of rotatable bonds is 11. The zero-order chi connectivity index (χ0) is 28.1. The Kier molecular flexibility index (Phi) is 9.93. The maximum atomic E-state index is 13.0. The number of Topliss-reactive ketones (excluding diaryl/α,β-unsaturated/α-hetero) is 1. The third-order valence-corrected chi connectivity index (χ3v) is 9.04. The molecule has 4 atom stereocenters. The van der Waals surface area contributed by atoms with Gasteiger partial charge < -0.3 is 14.2 Å². The minimum atomic E-state index is -0.234. The van der Waals surface area contributed by atoms with E-state index in [0.717, 1.165) is 94.7 Å². The van der Waals surface area contributed by atoms with E-state index in [1.807, 2.05) is 0 Å². The summed E-state index contributed by atoms with van der Waals surface area (Å²) < 4.78 is 18.2. The minimum absolute atomic E-state index is 0.0915. The summed E-state index contributed by atoms with van der Waals surface area (Å²) in [7, 11) is 1.77. The van der Waals surface area contributed by atoms with Crippen LogP contribution in [0.3, 0.4) is 0 Å². The molecule has 1 aliphatic carbocycles. The Morgan fingerprint density at radius 1 is 1.18 bits per heavy atom. The van der Waals surface area contributed by atoms with Gasteiger partial charge in [0, 0.05) is 49.3 Å². The summed E-state index contributed by atoms with van der Waals surface area (Å²) in [4.78, 5) is 20.4. The van der Waals surface area contributed by atoms with Gasteiger partial charge in [0.05, 0.1) is 25.4 Å². The molecule has 218 valence electrons. The van der Waals surface area contributed by atoms with Gasteiger partial charge in [-0.15, -0.1) is 0 Å². The minimum Gasteiger partial charge on any atom is -0.496 e. The number of unbranched alkanes of at least 4 members (excludes halogenated alkanes) is 1.